The first-order valence-electron chi connectivity index (χ1n) is 5.86. The lowest BCUT2D eigenvalue weighted by Gasteiger charge is -2.13. The normalized spacial score (nSPS) is 11.5. The fraction of sp³-hybridized carbons (Fsp3) is 0.385. The number of aliphatic carboxylic acids is 1. The molecule has 0 spiro atoms. The number of methoxy groups -OCH3 is 1. The summed E-state index contributed by atoms with van der Waals surface area (Å²) in [4.78, 5) is 22.3. The Bertz CT molecular complexity index is 446. The number of carbonyl (C=O) groups excluding carboxylic acids is 1. The minimum absolute atomic E-state index is 0.260. The molecule has 104 valence electrons. The van der Waals surface area contributed by atoms with E-state index in [1.807, 2.05) is 0 Å². The van der Waals surface area contributed by atoms with Crippen LogP contribution in [-0.2, 0) is 9.59 Å². The number of carboxylic acids is 1. The maximum atomic E-state index is 11.5. The first kappa shape index (κ1) is 14.8. The Kier molecular flexibility index (Phi) is 5.66. The van der Waals surface area contributed by atoms with Gasteiger partial charge in [-0.05, 0) is 18.6 Å². The van der Waals surface area contributed by atoms with Gasteiger partial charge in [-0.15, -0.1) is 0 Å². The van der Waals surface area contributed by atoms with Crippen LogP contribution in [0.2, 0.25) is 0 Å². The molecule has 0 saturated carbocycles. The molecule has 19 heavy (non-hydrogen) atoms. The van der Waals surface area contributed by atoms with Gasteiger partial charge in [-0.25, -0.2) is 4.79 Å². The summed E-state index contributed by atoms with van der Waals surface area (Å²) in [6.07, 6.45) is 0.315. The molecule has 0 fully saturated rings. The highest BCUT2D eigenvalue weighted by Crippen LogP contribution is 2.25. The number of carbonyl (C=O) groups is 2. The fourth-order valence-electron chi connectivity index (χ4n) is 1.46. The summed E-state index contributed by atoms with van der Waals surface area (Å²) in [5.74, 6) is -0.600. The topological polar surface area (TPSA) is 84.9 Å². The molecule has 1 atom stereocenters. The number of ether oxygens (including phenoxy) is 2. The van der Waals surface area contributed by atoms with Gasteiger partial charge < -0.3 is 19.9 Å². The van der Waals surface area contributed by atoms with E-state index in [1.165, 1.54) is 7.11 Å². The third-order valence-electron chi connectivity index (χ3n) is 2.47. The Labute approximate surface area is 111 Å². The van der Waals surface area contributed by atoms with Crippen LogP contribution in [0.3, 0.4) is 0 Å². The van der Waals surface area contributed by atoms with E-state index >= 15 is 0 Å². The van der Waals surface area contributed by atoms with Crippen LogP contribution in [0.1, 0.15) is 13.3 Å². The monoisotopic (exact) mass is 267 g/mol. The van der Waals surface area contributed by atoms with Gasteiger partial charge in [-0.3, -0.25) is 4.79 Å². The summed E-state index contributed by atoms with van der Waals surface area (Å²) in [5.41, 5.74) is 0. The van der Waals surface area contributed by atoms with Crippen molar-refractivity contribution < 1.29 is 24.2 Å². The zero-order chi connectivity index (χ0) is 14.3. The van der Waals surface area contributed by atoms with Crippen molar-refractivity contribution in [2.24, 2.45) is 0 Å². The van der Waals surface area contributed by atoms with Crippen LogP contribution in [-0.4, -0.2) is 36.7 Å². The second kappa shape index (κ2) is 7.25. The molecular formula is C13H17NO5. The predicted molar refractivity (Wildman–Crippen MR) is 68.3 cm³/mol. The molecule has 1 aromatic rings. The molecular weight excluding hydrogens is 250 g/mol. The van der Waals surface area contributed by atoms with E-state index < -0.39 is 17.9 Å². The maximum Gasteiger partial charge on any atom is 0.326 e. The molecule has 6 nitrogen and oxygen atoms in total. The van der Waals surface area contributed by atoms with E-state index in [0.29, 0.717) is 17.9 Å². The highest BCUT2D eigenvalue weighted by molar-refractivity contribution is 5.84. The molecule has 0 aromatic heterocycles. The third-order valence-corrected chi connectivity index (χ3v) is 2.47. The average molecular weight is 267 g/mol. The molecule has 0 radical (unpaired) electrons. The number of nitrogens with one attached hydrogen (secondary N) is 1. The molecule has 0 bridgehead atoms. The van der Waals surface area contributed by atoms with Gasteiger partial charge in [-0.1, -0.05) is 19.1 Å². The highest BCUT2D eigenvalue weighted by atomic mass is 16.5. The molecule has 0 saturated heterocycles. The van der Waals surface area contributed by atoms with Crippen molar-refractivity contribution in [2.45, 2.75) is 19.4 Å². The van der Waals surface area contributed by atoms with Gasteiger partial charge in [0.15, 0.2) is 18.1 Å². The van der Waals surface area contributed by atoms with Crippen LogP contribution >= 0.6 is 0 Å². The molecule has 2 N–H and O–H groups in total. The molecule has 0 aliphatic carbocycles. The molecule has 0 unspecified atom stereocenters. The van der Waals surface area contributed by atoms with E-state index in [2.05, 4.69) is 5.32 Å². The molecule has 1 aromatic carbocycles. The molecule has 1 amide bonds. The predicted octanol–water partition coefficient (Wildman–Crippen LogP) is 1.05. The molecule has 0 aliphatic heterocycles. The van der Waals surface area contributed by atoms with Crippen molar-refractivity contribution in [2.75, 3.05) is 13.7 Å². The quantitative estimate of drug-likeness (QED) is 0.771. The minimum Gasteiger partial charge on any atom is -0.493 e. The van der Waals surface area contributed by atoms with Gasteiger partial charge in [0.25, 0.3) is 5.91 Å². The van der Waals surface area contributed by atoms with Gasteiger partial charge in [-0.2, -0.15) is 0 Å². The van der Waals surface area contributed by atoms with E-state index in [4.69, 9.17) is 14.6 Å². The summed E-state index contributed by atoms with van der Waals surface area (Å²) in [7, 11) is 1.50. The van der Waals surface area contributed by atoms with E-state index in [-0.39, 0.29) is 6.61 Å². The molecule has 1 rings (SSSR count). The molecule has 0 heterocycles. The van der Waals surface area contributed by atoms with Crippen LogP contribution < -0.4 is 14.8 Å². The Morgan fingerprint density at radius 3 is 2.47 bits per heavy atom. The van der Waals surface area contributed by atoms with E-state index in [9.17, 15) is 9.59 Å². The zero-order valence-corrected chi connectivity index (χ0v) is 10.9. The van der Waals surface area contributed by atoms with Crippen LogP contribution in [0.5, 0.6) is 11.5 Å². The first-order chi connectivity index (χ1) is 9.08. The van der Waals surface area contributed by atoms with Gasteiger partial charge in [0.2, 0.25) is 0 Å². The summed E-state index contributed by atoms with van der Waals surface area (Å²) < 4.78 is 10.4. The molecule has 0 aliphatic rings. The second-order valence-electron chi connectivity index (χ2n) is 3.81. The maximum absolute atomic E-state index is 11.5. The van der Waals surface area contributed by atoms with Crippen LogP contribution in [0.4, 0.5) is 0 Å². The largest absolute Gasteiger partial charge is 0.493 e. The van der Waals surface area contributed by atoms with Crippen molar-refractivity contribution in [3.05, 3.63) is 24.3 Å². The first-order valence-corrected chi connectivity index (χ1v) is 5.86. The van der Waals surface area contributed by atoms with E-state index in [1.54, 1.807) is 31.2 Å². The molecule has 6 heteroatoms. The van der Waals surface area contributed by atoms with Crippen molar-refractivity contribution in [1.29, 1.82) is 0 Å². The zero-order valence-electron chi connectivity index (χ0n) is 10.9. The van der Waals surface area contributed by atoms with E-state index in [0.717, 1.165) is 0 Å². The van der Waals surface area contributed by atoms with Gasteiger partial charge in [0.1, 0.15) is 6.04 Å². The minimum atomic E-state index is -1.06. The number of hydrogen-bond acceptors (Lipinski definition) is 4. The second-order valence-corrected chi connectivity index (χ2v) is 3.81. The van der Waals surface area contributed by atoms with Crippen molar-refractivity contribution in [3.63, 3.8) is 0 Å². The van der Waals surface area contributed by atoms with Crippen LogP contribution in [0, 0.1) is 0 Å². The van der Waals surface area contributed by atoms with Crippen LogP contribution in [0.15, 0.2) is 24.3 Å². The third kappa shape index (κ3) is 4.50. The Balaban J connectivity index is 2.52. The summed E-state index contributed by atoms with van der Waals surface area (Å²) in [5, 5.41) is 11.2. The standard InChI is InChI=1S/C13H17NO5/c1-3-9(13(16)17)14-12(15)8-19-11-7-5-4-6-10(11)18-2/h4-7,9H,3,8H2,1-2H3,(H,14,15)(H,16,17)/t9-/m0/s1. The summed E-state index contributed by atoms with van der Waals surface area (Å²) >= 11 is 0. The van der Waals surface area contributed by atoms with Crippen molar-refractivity contribution in [3.8, 4) is 11.5 Å². The Hall–Kier alpha value is -2.24. The number of carboxylic acid groups (broad SMARTS) is 1. The van der Waals surface area contributed by atoms with Crippen molar-refractivity contribution >= 4 is 11.9 Å². The summed E-state index contributed by atoms with van der Waals surface area (Å²) in [6, 6.07) is 6.01. The summed E-state index contributed by atoms with van der Waals surface area (Å²) in [6.45, 7) is 1.42. The van der Waals surface area contributed by atoms with Crippen molar-refractivity contribution in [1.82, 2.24) is 5.32 Å². The van der Waals surface area contributed by atoms with Gasteiger partial charge in [0.05, 0.1) is 7.11 Å². The smallest absolute Gasteiger partial charge is 0.326 e. The lowest BCUT2D eigenvalue weighted by Crippen LogP contribution is -2.42. The SMILES string of the molecule is CC[C@H](NC(=O)COc1ccccc1OC)C(=O)O. The number of rotatable bonds is 7. The number of amides is 1. The van der Waals surface area contributed by atoms with Crippen LogP contribution in [0.25, 0.3) is 0 Å². The lowest BCUT2D eigenvalue weighted by atomic mass is 10.2. The number of para-hydroxylation sites is 2. The van der Waals surface area contributed by atoms with Gasteiger partial charge in [0, 0.05) is 0 Å². The fourth-order valence-corrected chi connectivity index (χ4v) is 1.46. The average Bonchev–Trinajstić information content (AvgIpc) is 2.42. The number of hydrogen-bond donors (Lipinski definition) is 2. The lowest BCUT2D eigenvalue weighted by molar-refractivity contribution is -0.142. The van der Waals surface area contributed by atoms with Gasteiger partial charge >= 0.3 is 5.97 Å². The highest BCUT2D eigenvalue weighted by Gasteiger charge is 2.17. The Morgan fingerprint density at radius 1 is 1.32 bits per heavy atom. The number of benzene rings is 1. The Morgan fingerprint density at radius 2 is 1.95 bits per heavy atom.